The molecule has 1 amide bonds. The van der Waals surface area contributed by atoms with Crippen molar-refractivity contribution < 1.29 is 13.6 Å². The molecule has 0 saturated heterocycles. The van der Waals surface area contributed by atoms with E-state index in [9.17, 15) is 13.6 Å². The van der Waals surface area contributed by atoms with Crippen LogP contribution in [0.1, 0.15) is 35.1 Å². The fraction of sp³-hybridized carbons (Fsp3) is 0.217. The molecule has 4 heterocycles. The third-order valence-electron chi connectivity index (χ3n) is 6.09. The Morgan fingerprint density at radius 3 is 2.72 bits per heavy atom. The van der Waals surface area contributed by atoms with Crippen LogP contribution >= 0.6 is 11.6 Å². The number of hydrogen-bond acceptors (Lipinski definition) is 6. The van der Waals surface area contributed by atoms with E-state index >= 15 is 0 Å². The molecule has 10 nitrogen and oxygen atoms in total. The summed E-state index contributed by atoms with van der Waals surface area (Å²) in [6.07, 6.45) is 6.34. The van der Waals surface area contributed by atoms with E-state index in [0.717, 1.165) is 11.1 Å². The van der Waals surface area contributed by atoms with Gasteiger partial charge in [-0.05, 0) is 35.5 Å². The van der Waals surface area contributed by atoms with Crippen molar-refractivity contribution in [1.82, 2.24) is 39.4 Å². The molecule has 13 heteroatoms. The molecule has 1 N–H and O–H groups in total. The van der Waals surface area contributed by atoms with Gasteiger partial charge in [0.05, 0.1) is 28.8 Å². The number of carbonyl (C=O) groups is 1. The molecule has 1 aliphatic carbocycles. The second-order valence-corrected chi connectivity index (χ2v) is 9.12. The Hall–Kier alpha value is -4.19. The maximum Gasteiger partial charge on any atom is 0.274 e. The van der Waals surface area contributed by atoms with Crippen molar-refractivity contribution >= 4 is 28.8 Å². The van der Waals surface area contributed by atoms with Gasteiger partial charge in [0, 0.05) is 49.3 Å². The first-order chi connectivity index (χ1) is 17.3. The fourth-order valence-electron chi connectivity index (χ4n) is 4.15. The van der Waals surface area contributed by atoms with E-state index < -0.39 is 17.7 Å². The first-order valence-corrected chi connectivity index (χ1v) is 11.4. The zero-order chi connectivity index (χ0) is 25.0. The summed E-state index contributed by atoms with van der Waals surface area (Å²) in [6.45, 7) is 0. The van der Waals surface area contributed by atoms with Gasteiger partial charge in [0.15, 0.2) is 5.82 Å². The van der Waals surface area contributed by atoms with Crippen molar-refractivity contribution in [3.05, 3.63) is 71.7 Å². The molecule has 182 valence electrons. The van der Waals surface area contributed by atoms with Gasteiger partial charge in [0.1, 0.15) is 11.3 Å². The molecule has 0 bridgehead atoms. The fourth-order valence-corrected chi connectivity index (χ4v) is 4.32. The minimum atomic E-state index is -2.68. The summed E-state index contributed by atoms with van der Waals surface area (Å²) in [5.41, 5.74) is 3.49. The lowest BCUT2D eigenvalue weighted by Gasteiger charge is -2.32. The van der Waals surface area contributed by atoms with Gasteiger partial charge in [-0.3, -0.25) is 13.9 Å². The van der Waals surface area contributed by atoms with Gasteiger partial charge in [-0.2, -0.15) is 5.10 Å². The highest BCUT2D eigenvalue weighted by molar-refractivity contribution is 6.34. The zero-order valence-corrected chi connectivity index (χ0v) is 19.6. The number of tetrazole rings is 1. The number of halogens is 3. The largest absolute Gasteiger partial charge is 0.319 e. The lowest BCUT2D eigenvalue weighted by molar-refractivity contribution is -0.0885. The summed E-state index contributed by atoms with van der Waals surface area (Å²) < 4.78 is 29.8. The Balaban J connectivity index is 1.26. The highest BCUT2D eigenvalue weighted by Crippen LogP contribution is 2.47. The van der Waals surface area contributed by atoms with E-state index in [1.807, 2.05) is 31.6 Å². The average Bonchev–Trinajstić information content (AvgIpc) is 3.58. The highest BCUT2D eigenvalue weighted by atomic mass is 35.5. The Morgan fingerprint density at radius 2 is 1.97 bits per heavy atom. The molecule has 36 heavy (non-hydrogen) atoms. The summed E-state index contributed by atoms with van der Waals surface area (Å²) in [5.74, 6) is -3.26. The van der Waals surface area contributed by atoms with E-state index in [0.29, 0.717) is 27.7 Å². The van der Waals surface area contributed by atoms with Gasteiger partial charge in [0.2, 0.25) is 5.92 Å². The van der Waals surface area contributed by atoms with Crippen LogP contribution in [0, 0.1) is 0 Å². The lowest BCUT2D eigenvalue weighted by atomic mass is 9.81. The summed E-state index contributed by atoms with van der Waals surface area (Å²) in [4.78, 5) is 18.7. The SMILES string of the molecule is Cn1cc(-c2ccc3ncc(C(=O)Nc4cc(-n5nnc(C6CC(F)(F)C6)n5)ccc4Cl)n3c2)cn1. The minimum absolute atomic E-state index is 0.261. The van der Waals surface area contributed by atoms with Gasteiger partial charge < -0.3 is 5.32 Å². The topological polar surface area (TPSA) is 108 Å². The summed E-state index contributed by atoms with van der Waals surface area (Å²) in [6, 6.07) is 8.55. The maximum atomic E-state index is 13.2. The number of anilines is 1. The van der Waals surface area contributed by atoms with Crippen LogP contribution in [-0.2, 0) is 7.05 Å². The second kappa shape index (κ2) is 8.19. The molecule has 0 atom stereocenters. The highest BCUT2D eigenvalue weighted by Gasteiger charge is 2.48. The van der Waals surface area contributed by atoms with Crippen molar-refractivity contribution in [3.8, 4) is 16.8 Å². The average molecular weight is 510 g/mol. The van der Waals surface area contributed by atoms with Crippen molar-refractivity contribution in [1.29, 1.82) is 0 Å². The predicted octanol–water partition coefficient (Wildman–Crippen LogP) is 4.13. The van der Waals surface area contributed by atoms with Gasteiger partial charge in [-0.15, -0.1) is 15.0 Å². The van der Waals surface area contributed by atoms with Crippen LogP contribution in [0.15, 0.2) is 55.1 Å². The minimum Gasteiger partial charge on any atom is -0.319 e. The number of fused-ring (bicyclic) bond motifs is 1. The van der Waals surface area contributed by atoms with Gasteiger partial charge in [-0.25, -0.2) is 13.8 Å². The molecule has 6 rings (SSSR count). The number of carbonyl (C=O) groups excluding carboxylic acids is 1. The molecule has 0 aliphatic heterocycles. The normalized spacial score (nSPS) is 15.2. The van der Waals surface area contributed by atoms with E-state index in [4.69, 9.17) is 11.6 Å². The van der Waals surface area contributed by atoms with Gasteiger partial charge in [-0.1, -0.05) is 11.6 Å². The number of aryl methyl sites for hydroxylation is 1. The van der Waals surface area contributed by atoms with Gasteiger partial charge >= 0.3 is 0 Å². The van der Waals surface area contributed by atoms with Crippen LogP contribution in [0.5, 0.6) is 0 Å². The molecule has 5 aromatic rings. The number of nitrogens with one attached hydrogen (secondary N) is 1. The Bertz CT molecular complexity index is 1610. The Kier molecular flexibility index (Phi) is 5.07. The number of nitrogens with zero attached hydrogens (tertiary/aromatic N) is 8. The third kappa shape index (κ3) is 3.98. The number of hydrogen-bond donors (Lipinski definition) is 1. The quantitative estimate of drug-likeness (QED) is 0.382. The number of imidazole rings is 1. The lowest BCUT2D eigenvalue weighted by Crippen LogP contribution is -2.34. The molecule has 0 unspecified atom stereocenters. The summed E-state index contributed by atoms with van der Waals surface area (Å²) in [5, 5.41) is 19.4. The maximum absolute atomic E-state index is 13.2. The summed E-state index contributed by atoms with van der Waals surface area (Å²) in [7, 11) is 1.83. The Labute approximate surface area is 207 Å². The second-order valence-electron chi connectivity index (χ2n) is 8.71. The van der Waals surface area contributed by atoms with Crippen LogP contribution in [0.25, 0.3) is 22.5 Å². The van der Waals surface area contributed by atoms with Crippen LogP contribution in [-0.4, -0.2) is 51.2 Å². The molecular formula is C23H18ClF2N9O. The molecule has 0 spiro atoms. The number of alkyl halides is 2. The number of amides is 1. The van der Waals surface area contributed by atoms with Crippen molar-refractivity contribution in [2.75, 3.05) is 5.32 Å². The van der Waals surface area contributed by atoms with Crippen LogP contribution in [0.3, 0.4) is 0 Å². The number of rotatable bonds is 5. The van der Waals surface area contributed by atoms with Crippen molar-refractivity contribution in [2.45, 2.75) is 24.7 Å². The van der Waals surface area contributed by atoms with Gasteiger partial charge in [0.25, 0.3) is 5.91 Å². The van der Waals surface area contributed by atoms with Crippen molar-refractivity contribution in [3.63, 3.8) is 0 Å². The van der Waals surface area contributed by atoms with Crippen LogP contribution < -0.4 is 5.32 Å². The molecule has 1 aromatic carbocycles. The molecule has 1 fully saturated rings. The van der Waals surface area contributed by atoms with E-state index in [2.05, 4.69) is 30.8 Å². The number of aromatic nitrogens is 8. The van der Waals surface area contributed by atoms with E-state index in [-0.39, 0.29) is 18.7 Å². The van der Waals surface area contributed by atoms with Crippen LogP contribution in [0.4, 0.5) is 14.5 Å². The smallest absolute Gasteiger partial charge is 0.274 e. The Morgan fingerprint density at radius 1 is 1.14 bits per heavy atom. The molecule has 1 aliphatic rings. The molecule has 4 aromatic heterocycles. The standard InChI is InChI=1S/C23H18ClF2N9O/c1-33-11-15(9-28-33)13-2-5-20-27-10-19(34(20)12-13)22(36)29-18-6-16(3-4-17(18)24)35-31-21(30-32-35)14-7-23(25,26)8-14/h2-6,9-12,14H,7-8H2,1H3,(H,29,36). The molecule has 1 saturated carbocycles. The monoisotopic (exact) mass is 509 g/mol. The number of pyridine rings is 1. The first kappa shape index (κ1) is 22.3. The molecule has 0 radical (unpaired) electrons. The van der Waals surface area contributed by atoms with E-state index in [1.54, 1.807) is 33.5 Å². The first-order valence-electron chi connectivity index (χ1n) is 11.0. The predicted molar refractivity (Wildman–Crippen MR) is 126 cm³/mol. The third-order valence-corrected chi connectivity index (χ3v) is 6.42. The number of benzene rings is 1. The summed E-state index contributed by atoms with van der Waals surface area (Å²) >= 11 is 6.34. The zero-order valence-electron chi connectivity index (χ0n) is 18.8. The van der Waals surface area contributed by atoms with Crippen molar-refractivity contribution in [2.24, 2.45) is 7.05 Å². The van der Waals surface area contributed by atoms with Crippen LogP contribution in [0.2, 0.25) is 5.02 Å². The van der Waals surface area contributed by atoms with E-state index in [1.165, 1.54) is 11.0 Å². The molecular weight excluding hydrogens is 492 g/mol.